The van der Waals surface area contributed by atoms with Gasteiger partial charge >= 0.3 is 0 Å². The summed E-state index contributed by atoms with van der Waals surface area (Å²) >= 11 is 0. The molecule has 0 saturated carbocycles. The van der Waals surface area contributed by atoms with Gasteiger partial charge in [-0.05, 0) is 13.0 Å². The molecule has 6 N–H and O–H groups in total. The number of nitrogens with two attached hydrogens (primary N) is 2. The molecular weight excluding hydrogens is 381 g/mol. The van der Waals surface area contributed by atoms with Gasteiger partial charge in [0.05, 0.1) is 32.4 Å². The van der Waals surface area contributed by atoms with E-state index in [2.05, 4.69) is 15.6 Å². The highest BCUT2D eigenvalue weighted by Crippen LogP contribution is 2.30. The monoisotopic (exact) mass is 407 g/mol. The lowest BCUT2D eigenvalue weighted by molar-refractivity contribution is 0.100. The number of nitrogens with one attached hydrogen (secondary N) is 2. The average molecular weight is 407 g/mol. The number of hydrogen-bond donors (Lipinski definition) is 4. The molecular formula is C19H26FN5O4. The summed E-state index contributed by atoms with van der Waals surface area (Å²) in [5.41, 5.74) is 11.7. The topological polar surface area (TPSA) is 134 Å². The van der Waals surface area contributed by atoms with Crippen molar-refractivity contribution in [1.82, 2.24) is 4.98 Å². The minimum absolute atomic E-state index is 0.0672. The normalized spacial score (nSPS) is 12.8. The number of pyridine rings is 1. The predicted octanol–water partition coefficient (Wildman–Crippen LogP) is 1.85. The Bertz CT molecular complexity index is 840. The number of hydrogen-bond acceptors (Lipinski definition) is 8. The standard InChI is InChI=1S/C19H26FN5O4/c1-10(21)16(9-27-2)24-19-15(20)8-14(17(22)26)18(25-19)23-11-5-12(28-3)7-13(6-11)29-4/h5-8,10,16H,9,21H2,1-4H3,(H2,22,26)(H2,23,24,25)/t10-,16+/m0/s1. The van der Waals surface area contributed by atoms with Crippen molar-refractivity contribution in [2.45, 2.75) is 19.0 Å². The first-order chi connectivity index (χ1) is 13.8. The summed E-state index contributed by atoms with van der Waals surface area (Å²) in [6.07, 6.45) is 0. The Labute approximate surface area is 168 Å². The Morgan fingerprint density at radius 3 is 2.24 bits per heavy atom. The number of halogens is 1. The highest BCUT2D eigenvalue weighted by molar-refractivity contribution is 5.98. The molecule has 2 atom stereocenters. The number of benzene rings is 1. The van der Waals surface area contributed by atoms with E-state index in [4.69, 9.17) is 25.7 Å². The van der Waals surface area contributed by atoms with E-state index < -0.39 is 17.8 Å². The molecule has 0 aliphatic rings. The Kier molecular flexibility index (Phi) is 7.57. The van der Waals surface area contributed by atoms with Crippen LogP contribution in [-0.2, 0) is 4.74 Å². The van der Waals surface area contributed by atoms with E-state index in [0.717, 1.165) is 6.07 Å². The van der Waals surface area contributed by atoms with Crippen molar-refractivity contribution in [1.29, 1.82) is 0 Å². The molecule has 158 valence electrons. The molecule has 0 radical (unpaired) electrons. The Balaban J connectivity index is 2.45. The van der Waals surface area contributed by atoms with Gasteiger partial charge in [-0.25, -0.2) is 9.37 Å². The summed E-state index contributed by atoms with van der Waals surface area (Å²) in [5.74, 6) is -0.561. The van der Waals surface area contributed by atoms with Crippen molar-refractivity contribution in [3.05, 3.63) is 35.6 Å². The van der Waals surface area contributed by atoms with Crippen LogP contribution in [0.15, 0.2) is 24.3 Å². The van der Waals surface area contributed by atoms with E-state index in [1.165, 1.54) is 21.3 Å². The quantitative estimate of drug-likeness (QED) is 0.469. The number of amides is 1. The van der Waals surface area contributed by atoms with Gasteiger partial charge in [0.25, 0.3) is 5.91 Å². The van der Waals surface area contributed by atoms with Crippen molar-refractivity contribution >= 4 is 23.2 Å². The van der Waals surface area contributed by atoms with Gasteiger partial charge in [-0.3, -0.25) is 4.79 Å². The summed E-state index contributed by atoms with van der Waals surface area (Å²) in [4.78, 5) is 16.0. The van der Waals surface area contributed by atoms with E-state index in [1.807, 2.05) is 0 Å². The predicted molar refractivity (Wildman–Crippen MR) is 108 cm³/mol. The molecule has 0 unspecified atom stereocenters. The summed E-state index contributed by atoms with van der Waals surface area (Å²) < 4.78 is 30.1. The molecule has 29 heavy (non-hydrogen) atoms. The highest BCUT2D eigenvalue weighted by Gasteiger charge is 2.20. The minimum Gasteiger partial charge on any atom is -0.497 e. The van der Waals surface area contributed by atoms with Gasteiger partial charge < -0.3 is 36.3 Å². The third-order valence-electron chi connectivity index (χ3n) is 4.16. The Hall–Kier alpha value is -3.11. The first-order valence-electron chi connectivity index (χ1n) is 8.80. The van der Waals surface area contributed by atoms with Gasteiger partial charge in [0, 0.05) is 37.0 Å². The molecule has 2 aromatic rings. The molecule has 1 amide bonds. The maximum Gasteiger partial charge on any atom is 0.252 e. The number of carbonyl (C=O) groups is 1. The molecule has 1 heterocycles. The zero-order chi connectivity index (χ0) is 21.6. The second-order valence-corrected chi connectivity index (χ2v) is 6.37. The fourth-order valence-corrected chi connectivity index (χ4v) is 2.57. The van der Waals surface area contributed by atoms with Crippen LogP contribution in [0, 0.1) is 5.82 Å². The molecule has 2 rings (SSSR count). The maximum atomic E-state index is 14.5. The summed E-state index contributed by atoms with van der Waals surface area (Å²) in [7, 11) is 4.53. The van der Waals surface area contributed by atoms with Gasteiger partial charge in [-0.1, -0.05) is 0 Å². The molecule has 10 heteroatoms. The van der Waals surface area contributed by atoms with Crippen molar-refractivity contribution in [3.63, 3.8) is 0 Å². The van der Waals surface area contributed by atoms with Crippen LogP contribution in [0.4, 0.5) is 21.7 Å². The summed E-state index contributed by atoms with van der Waals surface area (Å²) in [5, 5.41) is 5.87. The number of primary amides is 1. The van der Waals surface area contributed by atoms with Crippen LogP contribution in [0.5, 0.6) is 11.5 Å². The van der Waals surface area contributed by atoms with Gasteiger partial charge in [0.2, 0.25) is 0 Å². The van der Waals surface area contributed by atoms with Gasteiger partial charge in [0.1, 0.15) is 17.3 Å². The molecule has 1 aromatic heterocycles. The number of nitrogens with zero attached hydrogens (tertiary/aromatic N) is 1. The van der Waals surface area contributed by atoms with E-state index in [1.54, 1.807) is 25.1 Å². The smallest absolute Gasteiger partial charge is 0.252 e. The fourth-order valence-electron chi connectivity index (χ4n) is 2.57. The van der Waals surface area contributed by atoms with E-state index in [9.17, 15) is 9.18 Å². The lowest BCUT2D eigenvalue weighted by atomic mass is 10.1. The largest absolute Gasteiger partial charge is 0.497 e. The van der Waals surface area contributed by atoms with Crippen LogP contribution in [-0.4, -0.2) is 50.9 Å². The zero-order valence-electron chi connectivity index (χ0n) is 16.8. The molecule has 0 bridgehead atoms. The van der Waals surface area contributed by atoms with Crippen LogP contribution in [0.2, 0.25) is 0 Å². The molecule has 9 nitrogen and oxygen atoms in total. The van der Waals surface area contributed by atoms with E-state index in [0.29, 0.717) is 17.2 Å². The lowest BCUT2D eigenvalue weighted by Crippen LogP contribution is -2.41. The minimum atomic E-state index is -0.832. The van der Waals surface area contributed by atoms with Crippen LogP contribution in [0.3, 0.4) is 0 Å². The summed E-state index contributed by atoms with van der Waals surface area (Å²) in [6.45, 7) is 2.00. The molecule has 0 aliphatic carbocycles. The third kappa shape index (κ3) is 5.69. The zero-order valence-corrected chi connectivity index (χ0v) is 16.8. The number of rotatable bonds is 10. The first kappa shape index (κ1) is 22.2. The molecule has 0 spiro atoms. The number of anilines is 3. The van der Waals surface area contributed by atoms with Crippen LogP contribution < -0.4 is 31.6 Å². The van der Waals surface area contributed by atoms with Crippen molar-refractivity contribution < 1.29 is 23.4 Å². The summed E-state index contributed by atoms with van der Waals surface area (Å²) in [6, 6.07) is 5.30. The molecule has 0 aliphatic heterocycles. The number of carbonyl (C=O) groups excluding carboxylic acids is 1. The fraction of sp³-hybridized carbons (Fsp3) is 0.368. The second kappa shape index (κ2) is 9.89. The van der Waals surface area contributed by atoms with Gasteiger partial charge in [-0.15, -0.1) is 0 Å². The van der Waals surface area contributed by atoms with Crippen molar-refractivity contribution in [2.24, 2.45) is 11.5 Å². The number of aromatic nitrogens is 1. The van der Waals surface area contributed by atoms with Crippen LogP contribution in [0.25, 0.3) is 0 Å². The van der Waals surface area contributed by atoms with Gasteiger partial charge in [0.15, 0.2) is 11.6 Å². The first-order valence-corrected chi connectivity index (χ1v) is 8.80. The van der Waals surface area contributed by atoms with Gasteiger partial charge in [-0.2, -0.15) is 0 Å². The highest BCUT2D eigenvalue weighted by atomic mass is 19.1. The van der Waals surface area contributed by atoms with E-state index >= 15 is 0 Å². The van der Waals surface area contributed by atoms with E-state index in [-0.39, 0.29) is 29.8 Å². The van der Waals surface area contributed by atoms with Crippen molar-refractivity contribution in [2.75, 3.05) is 38.6 Å². The SMILES string of the molecule is COC[C@@H](Nc1nc(Nc2cc(OC)cc(OC)c2)c(C(N)=O)cc1F)[C@H](C)N. The number of methoxy groups -OCH3 is 3. The van der Waals surface area contributed by atoms with Crippen molar-refractivity contribution in [3.8, 4) is 11.5 Å². The molecule has 1 aromatic carbocycles. The number of ether oxygens (including phenoxy) is 3. The Morgan fingerprint density at radius 2 is 1.76 bits per heavy atom. The third-order valence-corrected chi connectivity index (χ3v) is 4.16. The molecule has 0 fully saturated rings. The average Bonchev–Trinajstić information content (AvgIpc) is 2.68. The maximum absolute atomic E-state index is 14.5. The second-order valence-electron chi connectivity index (χ2n) is 6.37. The Morgan fingerprint density at radius 1 is 1.14 bits per heavy atom. The van der Waals surface area contributed by atoms with Crippen LogP contribution in [0.1, 0.15) is 17.3 Å². The van der Waals surface area contributed by atoms with Crippen LogP contribution >= 0.6 is 0 Å². The molecule has 0 saturated heterocycles. The lowest BCUT2D eigenvalue weighted by Gasteiger charge is -2.23.